The highest BCUT2D eigenvalue weighted by molar-refractivity contribution is 8.19. The Morgan fingerprint density at radius 1 is 0.882 bits per heavy atom. The maximum absolute atomic E-state index is 13.3. The molecule has 0 spiro atoms. The molecule has 1 aliphatic heterocycles. The van der Waals surface area contributed by atoms with Crippen LogP contribution in [-0.2, 0) is 4.79 Å². The lowest BCUT2D eigenvalue weighted by molar-refractivity contribution is -0.113. The summed E-state index contributed by atoms with van der Waals surface area (Å²) in [5, 5.41) is 9.63. The number of para-hydroxylation sites is 2. The van der Waals surface area contributed by atoms with E-state index in [1.54, 1.807) is 35.2 Å². The quantitative estimate of drug-likeness (QED) is 0.342. The molecule has 5 rings (SSSR count). The first-order valence-corrected chi connectivity index (χ1v) is 11.3. The maximum atomic E-state index is 13.3. The lowest BCUT2D eigenvalue weighted by atomic mass is 10.1. The van der Waals surface area contributed by atoms with E-state index in [0.717, 1.165) is 16.9 Å². The zero-order chi connectivity index (χ0) is 23.5. The Balaban J connectivity index is 1.47. The normalized spacial score (nSPS) is 15.9. The molecule has 0 saturated carbocycles. The fourth-order valence-corrected chi connectivity index (χ4v) is 4.44. The van der Waals surface area contributed by atoms with E-state index in [0.29, 0.717) is 21.6 Å². The van der Waals surface area contributed by atoms with Crippen molar-refractivity contribution in [3.63, 3.8) is 0 Å². The number of carboxylic acids is 1. The Bertz CT molecular complexity index is 1410. The van der Waals surface area contributed by atoms with E-state index in [1.165, 1.54) is 23.9 Å². The number of amidine groups is 1. The van der Waals surface area contributed by atoms with Gasteiger partial charge in [0.2, 0.25) is 0 Å². The van der Waals surface area contributed by atoms with Crippen LogP contribution in [0.15, 0.2) is 111 Å². The monoisotopic (exact) mass is 466 g/mol. The van der Waals surface area contributed by atoms with E-state index in [1.807, 2.05) is 60.7 Å². The minimum Gasteiger partial charge on any atom is -0.478 e. The summed E-state index contributed by atoms with van der Waals surface area (Å²) in [7, 11) is 0. The van der Waals surface area contributed by atoms with Crippen LogP contribution in [0.1, 0.15) is 16.1 Å². The summed E-state index contributed by atoms with van der Waals surface area (Å²) in [6.07, 6.45) is 1.70. The average molecular weight is 467 g/mol. The second kappa shape index (κ2) is 9.25. The van der Waals surface area contributed by atoms with Gasteiger partial charge < -0.3 is 9.52 Å². The molecule has 2 heterocycles. The van der Waals surface area contributed by atoms with Crippen LogP contribution in [0.5, 0.6) is 0 Å². The number of carbonyl (C=O) groups excluding carboxylic acids is 1. The average Bonchev–Trinajstić information content (AvgIpc) is 3.45. The lowest BCUT2D eigenvalue weighted by Crippen LogP contribution is -2.28. The fourth-order valence-electron chi connectivity index (χ4n) is 3.46. The molecule has 1 aliphatic rings. The molecule has 1 saturated heterocycles. The molecule has 6 nitrogen and oxygen atoms in total. The summed E-state index contributed by atoms with van der Waals surface area (Å²) in [5.41, 5.74) is 2.44. The Labute approximate surface area is 199 Å². The number of aliphatic imine (C=N–C) groups is 1. The lowest BCUT2D eigenvalue weighted by Gasteiger charge is -2.15. The summed E-state index contributed by atoms with van der Waals surface area (Å²) in [6, 6.07) is 28.9. The predicted octanol–water partition coefficient (Wildman–Crippen LogP) is 6.45. The predicted molar refractivity (Wildman–Crippen MR) is 134 cm³/mol. The molecule has 1 N–H and O–H groups in total. The Kier molecular flexibility index (Phi) is 5.84. The maximum Gasteiger partial charge on any atom is 0.335 e. The second-order valence-electron chi connectivity index (χ2n) is 7.40. The number of nitrogens with zero attached hydrogens (tertiary/aromatic N) is 2. The molecule has 0 radical (unpaired) electrons. The summed E-state index contributed by atoms with van der Waals surface area (Å²) in [5.74, 6) is -0.0711. The van der Waals surface area contributed by atoms with Crippen LogP contribution in [0, 0.1) is 0 Å². The number of amides is 1. The molecule has 0 aliphatic carbocycles. The van der Waals surface area contributed by atoms with Crippen molar-refractivity contribution in [2.75, 3.05) is 4.90 Å². The van der Waals surface area contributed by atoms with Crippen LogP contribution in [-0.4, -0.2) is 22.2 Å². The summed E-state index contributed by atoms with van der Waals surface area (Å²) >= 11 is 1.28. The molecule has 4 aromatic rings. The SMILES string of the molecule is O=C(O)c1ccc(-c2ccc(/C=C3/SC(=Nc4ccccc4)N(c4ccccc4)C3=O)o2)cc1. The Morgan fingerprint density at radius 3 is 2.24 bits per heavy atom. The van der Waals surface area contributed by atoms with Gasteiger partial charge in [-0.2, -0.15) is 0 Å². The van der Waals surface area contributed by atoms with Crippen molar-refractivity contribution in [3.05, 3.63) is 113 Å². The van der Waals surface area contributed by atoms with Crippen LogP contribution in [0.3, 0.4) is 0 Å². The number of carboxylic acid groups (broad SMARTS) is 1. The molecule has 166 valence electrons. The van der Waals surface area contributed by atoms with Crippen molar-refractivity contribution in [2.24, 2.45) is 4.99 Å². The van der Waals surface area contributed by atoms with Gasteiger partial charge in [-0.15, -0.1) is 0 Å². The zero-order valence-electron chi connectivity index (χ0n) is 17.8. The smallest absolute Gasteiger partial charge is 0.335 e. The summed E-state index contributed by atoms with van der Waals surface area (Å²) in [6.45, 7) is 0. The number of benzene rings is 3. The number of rotatable bonds is 5. The van der Waals surface area contributed by atoms with Gasteiger partial charge in [-0.1, -0.05) is 48.5 Å². The second-order valence-corrected chi connectivity index (χ2v) is 8.41. The molecule has 0 bridgehead atoms. The minimum atomic E-state index is -0.982. The van der Waals surface area contributed by atoms with Crippen molar-refractivity contribution in [1.29, 1.82) is 0 Å². The number of carbonyl (C=O) groups is 2. The third-order valence-electron chi connectivity index (χ3n) is 5.12. The first-order valence-electron chi connectivity index (χ1n) is 10.4. The topological polar surface area (TPSA) is 83.1 Å². The first-order chi connectivity index (χ1) is 16.6. The third kappa shape index (κ3) is 4.42. The number of furan rings is 1. The van der Waals surface area contributed by atoms with Crippen LogP contribution >= 0.6 is 11.8 Å². The van der Waals surface area contributed by atoms with Crippen LogP contribution in [0.25, 0.3) is 17.4 Å². The fraction of sp³-hybridized carbons (Fsp3) is 0. The molecular weight excluding hydrogens is 448 g/mol. The highest BCUT2D eigenvalue weighted by Gasteiger charge is 2.35. The van der Waals surface area contributed by atoms with E-state index in [9.17, 15) is 9.59 Å². The number of hydrogen-bond donors (Lipinski definition) is 1. The number of hydrogen-bond acceptors (Lipinski definition) is 5. The highest BCUT2D eigenvalue weighted by atomic mass is 32.2. The molecule has 3 aromatic carbocycles. The highest BCUT2D eigenvalue weighted by Crippen LogP contribution is 2.37. The first kappa shape index (κ1) is 21.5. The van der Waals surface area contributed by atoms with Crippen molar-refractivity contribution >= 4 is 46.3 Å². The van der Waals surface area contributed by atoms with Gasteiger partial charge in [-0.25, -0.2) is 9.79 Å². The van der Waals surface area contributed by atoms with Gasteiger partial charge in [0.1, 0.15) is 11.5 Å². The van der Waals surface area contributed by atoms with Crippen molar-refractivity contribution in [3.8, 4) is 11.3 Å². The van der Waals surface area contributed by atoms with E-state index in [-0.39, 0.29) is 11.5 Å². The van der Waals surface area contributed by atoms with Gasteiger partial charge in [0.25, 0.3) is 5.91 Å². The largest absolute Gasteiger partial charge is 0.478 e. The molecule has 7 heteroatoms. The molecule has 0 atom stereocenters. The minimum absolute atomic E-state index is 0.186. The van der Waals surface area contributed by atoms with Gasteiger partial charge in [0.05, 0.1) is 21.8 Å². The van der Waals surface area contributed by atoms with Gasteiger partial charge in [-0.3, -0.25) is 9.69 Å². The number of anilines is 1. The molecule has 1 aromatic heterocycles. The van der Waals surface area contributed by atoms with E-state index in [4.69, 9.17) is 14.5 Å². The van der Waals surface area contributed by atoms with Crippen LogP contribution < -0.4 is 4.90 Å². The number of thioether (sulfide) groups is 1. The van der Waals surface area contributed by atoms with Gasteiger partial charge in [-0.05, 0) is 60.3 Å². The van der Waals surface area contributed by atoms with Gasteiger partial charge in [0, 0.05) is 11.6 Å². The Hall–Kier alpha value is -4.36. The standard InChI is InChI=1S/C27H18N2O4S/c30-25-24(17-22-15-16-23(33-22)18-11-13-19(14-12-18)26(31)32)34-27(28-20-7-3-1-4-8-20)29(25)21-9-5-2-6-10-21/h1-17H,(H,31,32)/b24-17+,28-27?. The number of aromatic carboxylic acids is 1. The zero-order valence-corrected chi connectivity index (χ0v) is 18.6. The molecular formula is C27H18N2O4S. The van der Waals surface area contributed by atoms with E-state index < -0.39 is 5.97 Å². The van der Waals surface area contributed by atoms with Crippen molar-refractivity contribution < 1.29 is 19.1 Å². The molecule has 1 fully saturated rings. The Morgan fingerprint density at radius 2 is 1.56 bits per heavy atom. The summed E-state index contributed by atoms with van der Waals surface area (Å²) in [4.78, 5) is 31.2. The van der Waals surface area contributed by atoms with E-state index in [2.05, 4.69) is 0 Å². The van der Waals surface area contributed by atoms with Gasteiger partial charge >= 0.3 is 5.97 Å². The third-order valence-corrected chi connectivity index (χ3v) is 6.09. The van der Waals surface area contributed by atoms with Crippen molar-refractivity contribution in [1.82, 2.24) is 0 Å². The van der Waals surface area contributed by atoms with Crippen LogP contribution in [0.4, 0.5) is 11.4 Å². The summed E-state index contributed by atoms with van der Waals surface area (Å²) < 4.78 is 5.93. The molecule has 34 heavy (non-hydrogen) atoms. The molecule has 0 unspecified atom stereocenters. The van der Waals surface area contributed by atoms with Gasteiger partial charge in [0.15, 0.2) is 5.17 Å². The van der Waals surface area contributed by atoms with Crippen molar-refractivity contribution in [2.45, 2.75) is 0 Å². The van der Waals surface area contributed by atoms with E-state index >= 15 is 0 Å². The van der Waals surface area contributed by atoms with Crippen LogP contribution in [0.2, 0.25) is 0 Å². The molecule has 1 amide bonds.